The molecule has 1 aliphatic rings. The summed E-state index contributed by atoms with van der Waals surface area (Å²) in [7, 11) is 1.69. The van der Waals surface area contributed by atoms with Crippen molar-refractivity contribution in [3.05, 3.63) is 133 Å². The lowest BCUT2D eigenvalue weighted by Crippen LogP contribution is -2.30. The maximum atomic E-state index is 6.02. The van der Waals surface area contributed by atoms with E-state index in [1.807, 2.05) is 103 Å². The van der Waals surface area contributed by atoms with Gasteiger partial charge in [0.2, 0.25) is 0 Å². The summed E-state index contributed by atoms with van der Waals surface area (Å²) < 4.78 is 13.9. The summed E-state index contributed by atoms with van der Waals surface area (Å²) in [5.74, 6) is 2.34. The molecule has 188 valence electrons. The summed E-state index contributed by atoms with van der Waals surface area (Å²) in [4.78, 5) is 6.83. The quantitative estimate of drug-likeness (QED) is 0.238. The fourth-order valence-corrected chi connectivity index (χ4v) is 5.26. The third-order valence-electron chi connectivity index (χ3n) is 6.62. The molecule has 3 aromatic carbocycles. The first-order valence-electron chi connectivity index (χ1n) is 12.4. The Kier molecular flexibility index (Phi) is 6.50. The zero-order chi connectivity index (χ0) is 25.9. The van der Waals surface area contributed by atoms with E-state index in [1.165, 1.54) is 0 Å². The van der Waals surface area contributed by atoms with Gasteiger partial charge in [0.25, 0.3) is 0 Å². The first kappa shape index (κ1) is 23.8. The van der Waals surface area contributed by atoms with Crippen LogP contribution in [0, 0.1) is 0 Å². The number of hydrogen-bond donors (Lipinski definition) is 1. The molecular formula is C31H26N4O2S. The molecule has 1 N–H and O–H groups in total. The molecule has 2 unspecified atom stereocenters. The number of thiocarbonyl (C=S) groups is 1. The van der Waals surface area contributed by atoms with Crippen LogP contribution >= 0.6 is 12.2 Å². The first-order chi connectivity index (χ1) is 18.7. The largest absolute Gasteiger partial charge is 0.495 e. The number of methoxy groups -OCH3 is 1. The molecule has 0 radical (unpaired) electrons. The number of nitrogens with one attached hydrogen (secondary N) is 1. The van der Waals surface area contributed by atoms with Gasteiger partial charge in [-0.25, -0.2) is 0 Å². The van der Waals surface area contributed by atoms with Crippen molar-refractivity contribution >= 4 is 23.0 Å². The number of rotatable bonds is 7. The van der Waals surface area contributed by atoms with Gasteiger partial charge in [0.15, 0.2) is 5.11 Å². The van der Waals surface area contributed by atoms with Crippen molar-refractivity contribution in [2.24, 2.45) is 0 Å². The van der Waals surface area contributed by atoms with Crippen molar-refractivity contribution in [3.8, 4) is 22.9 Å². The van der Waals surface area contributed by atoms with E-state index in [4.69, 9.17) is 21.7 Å². The van der Waals surface area contributed by atoms with Crippen LogP contribution in [-0.4, -0.2) is 21.8 Å². The van der Waals surface area contributed by atoms with Gasteiger partial charge in [0.1, 0.15) is 23.3 Å². The minimum absolute atomic E-state index is 0.160. The van der Waals surface area contributed by atoms with Gasteiger partial charge in [-0.15, -0.1) is 0 Å². The fraction of sp³-hybridized carbons (Fsp3) is 0.0968. The van der Waals surface area contributed by atoms with Crippen LogP contribution in [0.2, 0.25) is 0 Å². The maximum Gasteiger partial charge on any atom is 0.174 e. The van der Waals surface area contributed by atoms with Crippen LogP contribution in [0.5, 0.6) is 17.2 Å². The van der Waals surface area contributed by atoms with Gasteiger partial charge in [-0.1, -0.05) is 36.4 Å². The second-order valence-electron chi connectivity index (χ2n) is 8.88. The van der Waals surface area contributed by atoms with Gasteiger partial charge in [0, 0.05) is 23.8 Å². The molecule has 2 atom stereocenters. The highest BCUT2D eigenvalue weighted by molar-refractivity contribution is 7.80. The van der Waals surface area contributed by atoms with E-state index in [0.717, 1.165) is 40.0 Å². The Bertz CT molecular complexity index is 1540. The van der Waals surface area contributed by atoms with Crippen LogP contribution < -0.4 is 19.7 Å². The molecule has 2 aromatic heterocycles. The first-order valence-corrected chi connectivity index (χ1v) is 12.8. The highest BCUT2D eigenvalue weighted by Gasteiger charge is 2.42. The molecule has 3 heterocycles. The minimum Gasteiger partial charge on any atom is -0.495 e. The lowest BCUT2D eigenvalue weighted by molar-refractivity contribution is 0.412. The number of nitrogens with zero attached hydrogens (tertiary/aromatic N) is 3. The molecule has 1 saturated heterocycles. The van der Waals surface area contributed by atoms with Gasteiger partial charge < -0.3 is 24.3 Å². The Morgan fingerprint density at radius 3 is 2.29 bits per heavy atom. The lowest BCUT2D eigenvalue weighted by atomic mass is 10.0. The van der Waals surface area contributed by atoms with E-state index in [-0.39, 0.29) is 12.1 Å². The van der Waals surface area contributed by atoms with E-state index in [0.29, 0.717) is 5.11 Å². The Hall–Kier alpha value is -4.62. The summed E-state index contributed by atoms with van der Waals surface area (Å²) in [6.45, 7) is 0. The maximum absolute atomic E-state index is 6.02. The summed E-state index contributed by atoms with van der Waals surface area (Å²) in [5.41, 5.74) is 3.89. The SMILES string of the molecule is COc1ccccc1-n1cccc1C1C(c2ccccn2)NC(=S)N1c1ccc(Oc2ccccc2)cc1. The third kappa shape index (κ3) is 4.48. The Morgan fingerprint density at radius 1 is 0.789 bits per heavy atom. The standard InChI is InChI=1S/C31H26N4O2S/c1-36-28-15-6-5-13-26(28)34-21-9-14-27(34)30-29(25-12-7-8-20-32-25)33-31(38)35(30)22-16-18-24(19-17-22)37-23-10-3-2-4-11-23/h2-21,29-30H,1H3,(H,33,38). The zero-order valence-corrected chi connectivity index (χ0v) is 21.6. The normalized spacial score (nSPS) is 16.8. The molecule has 0 amide bonds. The number of ether oxygens (including phenoxy) is 2. The lowest BCUT2D eigenvalue weighted by Gasteiger charge is -2.29. The molecule has 1 aliphatic heterocycles. The Morgan fingerprint density at radius 2 is 1.53 bits per heavy atom. The van der Waals surface area contributed by atoms with Gasteiger partial charge in [0.05, 0.1) is 24.5 Å². The molecular weight excluding hydrogens is 492 g/mol. The average Bonchev–Trinajstić information content (AvgIpc) is 3.59. The van der Waals surface area contributed by atoms with Crippen LogP contribution in [0.15, 0.2) is 122 Å². The van der Waals surface area contributed by atoms with Crippen molar-refractivity contribution in [2.75, 3.05) is 12.0 Å². The van der Waals surface area contributed by atoms with E-state index in [2.05, 4.69) is 38.1 Å². The molecule has 38 heavy (non-hydrogen) atoms. The zero-order valence-electron chi connectivity index (χ0n) is 20.8. The third-order valence-corrected chi connectivity index (χ3v) is 6.93. The van der Waals surface area contributed by atoms with Crippen LogP contribution in [-0.2, 0) is 0 Å². The molecule has 0 bridgehead atoms. The van der Waals surface area contributed by atoms with E-state index in [1.54, 1.807) is 7.11 Å². The number of anilines is 1. The predicted octanol–water partition coefficient (Wildman–Crippen LogP) is 6.85. The van der Waals surface area contributed by atoms with Crippen molar-refractivity contribution < 1.29 is 9.47 Å². The number of para-hydroxylation sites is 3. The van der Waals surface area contributed by atoms with Crippen LogP contribution in [0.25, 0.3) is 5.69 Å². The second kappa shape index (κ2) is 10.4. The fourth-order valence-electron chi connectivity index (χ4n) is 4.92. The number of hydrogen-bond acceptors (Lipinski definition) is 4. The summed E-state index contributed by atoms with van der Waals surface area (Å²) in [6.07, 6.45) is 3.87. The number of pyridine rings is 1. The second-order valence-corrected chi connectivity index (χ2v) is 9.27. The average molecular weight is 519 g/mol. The topological polar surface area (TPSA) is 51.5 Å². The summed E-state index contributed by atoms with van der Waals surface area (Å²) in [6, 6.07) is 35.6. The molecule has 0 saturated carbocycles. The Balaban J connectivity index is 1.42. The van der Waals surface area contributed by atoms with Gasteiger partial charge in [-0.2, -0.15) is 0 Å². The smallest absolute Gasteiger partial charge is 0.174 e. The molecule has 7 heteroatoms. The Labute approximate surface area is 227 Å². The van der Waals surface area contributed by atoms with E-state index in [9.17, 15) is 0 Å². The molecule has 5 aromatic rings. The van der Waals surface area contributed by atoms with Crippen LogP contribution in [0.4, 0.5) is 5.69 Å². The van der Waals surface area contributed by atoms with Crippen molar-refractivity contribution in [1.29, 1.82) is 0 Å². The molecule has 6 nitrogen and oxygen atoms in total. The highest BCUT2D eigenvalue weighted by atomic mass is 32.1. The predicted molar refractivity (Wildman–Crippen MR) is 153 cm³/mol. The number of benzene rings is 3. The van der Waals surface area contributed by atoms with Crippen molar-refractivity contribution in [2.45, 2.75) is 12.1 Å². The minimum atomic E-state index is -0.168. The van der Waals surface area contributed by atoms with Crippen molar-refractivity contribution in [1.82, 2.24) is 14.9 Å². The molecule has 0 spiro atoms. The molecule has 6 rings (SSSR count). The van der Waals surface area contributed by atoms with Crippen molar-refractivity contribution in [3.63, 3.8) is 0 Å². The monoisotopic (exact) mass is 518 g/mol. The molecule has 1 fully saturated rings. The van der Waals surface area contributed by atoms with E-state index < -0.39 is 0 Å². The van der Waals surface area contributed by atoms with Gasteiger partial charge in [-0.05, 0) is 85.0 Å². The summed E-state index contributed by atoms with van der Waals surface area (Å²) in [5, 5.41) is 4.17. The van der Waals surface area contributed by atoms with Crippen LogP contribution in [0.3, 0.4) is 0 Å². The van der Waals surface area contributed by atoms with E-state index >= 15 is 0 Å². The summed E-state index contributed by atoms with van der Waals surface area (Å²) >= 11 is 5.92. The molecule has 0 aliphatic carbocycles. The van der Waals surface area contributed by atoms with Gasteiger partial charge in [-0.3, -0.25) is 4.98 Å². The van der Waals surface area contributed by atoms with Crippen LogP contribution in [0.1, 0.15) is 23.5 Å². The highest BCUT2D eigenvalue weighted by Crippen LogP contribution is 2.43. The number of aromatic nitrogens is 2. The van der Waals surface area contributed by atoms with Gasteiger partial charge >= 0.3 is 0 Å².